The molecule has 39 heavy (non-hydrogen) atoms. The second-order valence-electron chi connectivity index (χ2n) is 10.6. The van der Waals surface area contributed by atoms with E-state index in [0.29, 0.717) is 22.5 Å². The highest BCUT2D eigenvalue weighted by Gasteiger charge is 2.30. The lowest BCUT2D eigenvalue weighted by atomic mass is 9.97. The molecule has 0 spiro atoms. The number of piperidine rings is 1. The van der Waals surface area contributed by atoms with E-state index in [2.05, 4.69) is 45.1 Å². The Hall–Kier alpha value is -4.01. The third-order valence-corrected chi connectivity index (χ3v) is 7.98. The summed E-state index contributed by atoms with van der Waals surface area (Å²) < 4.78 is 0. The summed E-state index contributed by atoms with van der Waals surface area (Å²) >= 11 is 0. The number of rotatable bonds is 7. The third-order valence-electron chi connectivity index (χ3n) is 7.98. The fourth-order valence-corrected chi connectivity index (χ4v) is 5.80. The summed E-state index contributed by atoms with van der Waals surface area (Å²) in [5.74, 6) is -0.274. The summed E-state index contributed by atoms with van der Waals surface area (Å²) in [6, 6.07) is 19.1. The van der Waals surface area contributed by atoms with Gasteiger partial charge >= 0.3 is 0 Å². The molecule has 3 aromatic carbocycles. The maximum atomic E-state index is 13.3. The van der Waals surface area contributed by atoms with Gasteiger partial charge in [-0.3, -0.25) is 14.9 Å². The highest BCUT2D eigenvalue weighted by molar-refractivity contribution is 6.37. The number of nitrogens with zero attached hydrogens (tertiary/aromatic N) is 2. The average molecular weight is 524 g/mol. The van der Waals surface area contributed by atoms with E-state index in [1.165, 1.54) is 61.2 Å². The number of likely N-dealkylation sites (tertiary alicyclic amines) is 1. The molecule has 3 aliphatic rings. The van der Waals surface area contributed by atoms with Gasteiger partial charge in [-0.1, -0.05) is 36.8 Å². The van der Waals surface area contributed by atoms with Crippen molar-refractivity contribution in [2.24, 2.45) is 0 Å². The van der Waals surface area contributed by atoms with Crippen LogP contribution in [0.4, 0.5) is 17.1 Å². The standard InChI is InChI=1S/C31H33N5O3/c37-31-29(27-19-26(36(38)39)10-11-28(27)34-31)30(33-25-9-8-24-20-32-14-12-23(24)18-25)22-6-4-21(5-7-22)13-17-35-15-2-1-3-16-35/h4-11,18-19,32-33H,1-3,12-17,20H2,(H,34,37)/b30-29-. The molecule has 0 bridgehead atoms. The van der Waals surface area contributed by atoms with Crippen LogP contribution in [-0.4, -0.2) is 41.9 Å². The van der Waals surface area contributed by atoms with Crippen molar-refractivity contribution in [3.05, 3.63) is 98.6 Å². The van der Waals surface area contributed by atoms with Gasteiger partial charge in [0.25, 0.3) is 11.6 Å². The molecule has 6 rings (SSSR count). The summed E-state index contributed by atoms with van der Waals surface area (Å²) in [6.07, 6.45) is 5.81. The Morgan fingerprint density at radius 1 is 0.974 bits per heavy atom. The number of nitro groups is 1. The number of carbonyl (C=O) groups excluding carboxylic acids is 1. The number of fused-ring (bicyclic) bond motifs is 2. The van der Waals surface area contributed by atoms with Gasteiger partial charge in [0.2, 0.25) is 0 Å². The van der Waals surface area contributed by atoms with Crippen molar-refractivity contribution < 1.29 is 9.72 Å². The second kappa shape index (κ2) is 11.0. The SMILES string of the molecule is O=C1Nc2ccc([N+](=O)[O-])cc2/C1=C(/Nc1ccc2c(c1)CCNC2)c1ccc(CCN2CCCCC2)cc1. The first kappa shape index (κ1) is 25.3. The quantitative estimate of drug-likeness (QED) is 0.224. The second-order valence-corrected chi connectivity index (χ2v) is 10.6. The van der Waals surface area contributed by atoms with Crippen molar-refractivity contribution in [2.75, 3.05) is 36.8 Å². The largest absolute Gasteiger partial charge is 0.354 e. The molecule has 1 amide bonds. The van der Waals surface area contributed by atoms with Gasteiger partial charge in [-0.2, -0.15) is 0 Å². The molecule has 8 nitrogen and oxygen atoms in total. The Labute approximate surface area is 228 Å². The van der Waals surface area contributed by atoms with Crippen molar-refractivity contribution in [1.82, 2.24) is 10.2 Å². The summed E-state index contributed by atoms with van der Waals surface area (Å²) in [5, 5.41) is 21.4. The molecular formula is C31H33N5O3. The number of hydrogen-bond donors (Lipinski definition) is 3. The van der Waals surface area contributed by atoms with Gasteiger partial charge in [0.1, 0.15) is 0 Å². The van der Waals surface area contributed by atoms with Gasteiger partial charge < -0.3 is 20.9 Å². The van der Waals surface area contributed by atoms with Gasteiger partial charge in [-0.05, 0) is 85.8 Å². The van der Waals surface area contributed by atoms with E-state index in [9.17, 15) is 14.9 Å². The normalized spacial score (nSPS) is 18.2. The van der Waals surface area contributed by atoms with Crippen LogP contribution in [0.25, 0.3) is 11.3 Å². The minimum absolute atomic E-state index is 0.0450. The Bertz CT molecular complexity index is 1440. The fraction of sp³-hybridized carbons (Fsp3) is 0.323. The van der Waals surface area contributed by atoms with Gasteiger partial charge in [0.15, 0.2) is 0 Å². The van der Waals surface area contributed by atoms with E-state index < -0.39 is 4.92 Å². The molecule has 0 atom stereocenters. The van der Waals surface area contributed by atoms with Crippen LogP contribution >= 0.6 is 0 Å². The third kappa shape index (κ3) is 5.44. The van der Waals surface area contributed by atoms with Gasteiger partial charge in [0, 0.05) is 42.2 Å². The average Bonchev–Trinajstić information content (AvgIpc) is 3.30. The smallest absolute Gasteiger partial charge is 0.270 e. The topological polar surface area (TPSA) is 99.5 Å². The summed E-state index contributed by atoms with van der Waals surface area (Å²) in [7, 11) is 0. The number of hydrogen-bond acceptors (Lipinski definition) is 6. The molecule has 8 heteroatoms. The molecule has 3 aliphatic heterocycles. The molecule has 200 valence electrons. The van der Waals surface area contributed by atoms with Crippen LogP contribution in [0.5, 0.6) is 0 Å². The lowest BCUT2D eigenvalue weighted by Gasteiger charge is -2.26. The van der Waals surface area contributed by atoms with Crippen molar-refractivity contribution >= 4 is 34.2 Å². The van der Waals surface area contributed by atoms with Crippen LogP contribution in [0.2, 0.25) is 0 Å². The number of anilines is 2. The van der Waals surface area contributed by atoms with Crippen LogP contribution in [0, 0.1) is 10.1 Å². The van der Waals surface area contributed by atoms with E-state index in [1.807, 2.05) is 18.2 Å². The molecule has 0 radical (unpaired) electrons. The van der Waals surface area contributed by atoms with E-state index in [1.54, 1.807) is 6.07 Å². The monoisotopic (exact) mass is 523 g/mol. The Balaban J connectivity index is 1.36. The number of carbonyl (C=O) groups is 1. The van der Waals surface area contributed by atoms with Gasteiger partial charge in [0.05, 0.1) is 16.2 Å². The molecule has 1 saturated heterocycles. The molecule has 0 unspecified atom stereocenters. The lowest BCUT2D eigenvalue weighted by Crippen LogP contribution is -2.31. The van der Waals surface area contributed by atoms with Crippen LogP contribution in [0.3, 0.4) is 0 Å². The Morgan fingerprint density at radius 3 is 2.59 bits per heavy atom. The summed E-state index contributed by atoms with van der Waals surface area (Å²) in [5.41, 5.74) is 7.68. The predicted octanol–water partition coefficient (Wildman–Crippen LogP) is 5.20. The van der Waals surface area contributed by atoms with Crippen LogP contribution in [-0.2, 0) is 24.2 Å². The molecule has 0 saturated carbocycles. The zero-order chi connectivity index (χ0) is 26.8. The first-order valence-electron chi connectivity index (χ1n) is 13.8. The Kier molecular flexibility index (Phi) is 7.13. The fourth-order valence-electron chi connectivity index (χ4n) is 5.80. The minimum Gasteiger partial charge on any atom is -0.354 e. The number of non-ortho nitro benzene ring substituents is 1. The highest BCUT2D eigenvalue weighted by atomic mass is 16.6. The first-order valence-corrected chi connectivity index (χ1v) is 13.8. The lowest BCUT2D eigenvalue weighted by molar-refractivity contribution is -0.384. The van der Waals surface area contributed by atoms with Crippen molar-refractivity contribution in [3.8, 4) is 0 Å². The van der Waals surface area contributed by atoms with Crippen molar-refractivity contribution in [1.29, 1.82) is 0 Å². The number of benzene rings is 3. The summed E-state index contributed by atoms with van der Waals surface area (Å²) in [6.45, 7) is 5.19. The van der Waals surface area contributed by atoms with E-state index >= 15 is 0 Å². The van der Waals surface area contributed by atoms with E-state index in [0.717, 1.165) is 43.7 Å². The zero-order valence-corrected chi connectivity index (χ0v) is 22.0. The summed E-state index contributed by atoms with van der Waals surface area (Å²) in [4.78, 5) is 26.9. The van der Waals surface area contributed by atoms with Crippen molar-refractivity contribution in [2.45, 2.75) is 38.6 Å². The van der Waals surface area contributed by atoms with Crippen LogP contribution < -0.4 is 16.0 Å². The molecule has 0 aromatic heterocycles. The zero-order valence-electron chi connectivity index (χ0n) is 22.0. The first-order chi connectivity index (χ1) is 19.0. The molecule has 1 fully saturated rings. The van der Waals surface area contributed by atoms with Gasteiger partial charge in [-0.25, -0.2) is 0 Å². The Morgan fingerprint density at radius 2 is 1.79 bits per heavy atom. The molecule has 3 N–H and O–H groups in total. The highest BCUT2D eigenvalue weighted by Crippen LogP contribution is 2.39. The molecule has 0 aliphatic carbocycles. The molecule has 3 heterocycles. The van der Waals surface area contributed by atoms with Crippen molar-refractivity contribution in [3.63, 3.8) is 0 Å². The number of amides is 1. The van der Waals surface area contributed by atoms with E-state index in [4.69, 9.17) is 0 Å². The number of nitrogens with one attached hydrogen (secondary N) is 3. The van der Waals surface area contributed by atoms with Crippen LogP contribution in [0.15, 0.2) is 60.7 Å². The predicted molar refractivity (Wildman–Crippen MR) is 154 cm³/mol. The van der Waals surface area contributed by atoms with Crippen LogP contribution in [0.1, 0.15) is 47.1 Å². The maximum Gasteiger partial charge on any atom is 0.270 e. The molecular weight excluding hydrogens is 490 g/mol. The maximum absolute atomic E-state index is 13.3. The molecule has 3 aromatic rings. The minimum atomic E-state index is -0.428. The van der Waals surface area contributed by atoms with E-state index in [-0.39, 0.29) is 11.6 Å². The number of nitro benzene ring substituents is 1. The van der Waals surface area contributed by atoms with Gasteiger partial charge in [-0.15, -0.1) is 0 Å².